The van der Waals surface area contributed by atoms with E-state index in [1.807, 2.05) is 80.3 Å². The molecule has 31 heavy (non-hydrogen) atoms. The van der Waals surface area contributed by atoms with Gasteiger partial charge in [-0.1, -0.05) is 42.5 Å². The van der Waals surface area contributed by atoms with E-state index in [0.29, 0.717) is 12.5 Å². The molecule has 5 heteroatoms. The summed E-state index contributed by atoms with van der Waals surface area (Å²) in [7, 11) is 0. The first-order valence-corrected chi connectivity index (χ1v) is 10.9. The fourth-order valence-corrected chi connectivity index (χ4v) is 4.85. The summed E-state index contributed by atoms with van der Waals surface area (Å²) in [5.74, 6) is 0.412. The zero-order chi connectivity index (χ0) is 21.8. The van der Waals surface area contributed by atoms with Gasteiger partial charge in [0.2, 0.25) is 0 Å². The largest absolute Gasteiger partial charge is 0.388 e. The average Bonchev–Trinajstić information content (AvgIpc) is 3.51. The first-order valence-electron chi connectivity index (χ1n) is 10.9. The molecule has 5 nitrogen and oxygen atoms in total. The molecule has 1 unspecified atom stereocenters. The first-order chi connectivity index (χ1) is 14.8. The molecule has 1 saturated carbocycles. The van der Waals surface area contributed by atoms with Crippen LogP contribution in [0.25, 0.3) is 22.4 Å². The van der Waals surface area contributed by atoms with Crippen LogP contribution >= 0.6 is 0 Å². The number of benzene rings is 2. The van der Waals surface area contributed by atoms with E-state index < -0.39 is 5.60 Å². The van der Waals surface area contributed by atoms with Crippen LogP contribution in [0.5, 0.6) is 0 Å². The summed E-state index contributed by atoms with van der Waals surface area (Å²) in [5.41, 5.74) is 5.53. The van der Waals surface area contributed by atoms with Gasteiger partial charge in [0, 0.05) is 12.1 Å². The van der Waals surface area contributed by atoms with E-state index in [4.69, 9.17) is 0 Å². The average molecular weight is 414 g/mol. The third-order valence-electron chi connectivity index (χ3n) is 6.38. The summed E-state index contributed by atoms with van der Waals surface area (Å²) >= 11 is 0. The van der Waals surface area contributed by atoms with Crippen molar-refractivity contribution in [3.63, 3.8) is 0 Å². The molecule has 1 aliphatic carbocycles. The zero-order valence-electron chi connectivity index (χ0n) is 18.2. The van der Waals surface area contributed by atoms with Crippen LogP contribution in [0, 0.1) is 12.8 Å². The van der Waals surface area contributed by atoms with Gasteiger partial charge in [-0.05, 0) is 68.4 Å². The van der Waals surface area contributed by atoms with Crippen LogP contribution in [-0.4, -0.2) is 37.8 Å². The van der Waals surface area contributed by atoms with Crippen LogP contribution < -0.4 is 0 Å². The van der Waals surface area contributed by atoms with Crippen LogP contribution in [0.4, 0.5) is 0 Å². The second-order valence-electron chi connectivity index (χ2n) is 9.35. The monoisotopic (exact) mass is 413 g/mol. The highest BCUT2D eigenvalue weighted by Crippen LogP contribution is 2.44. The van der Waals surface area contributed by atoms with Gasteiger partial charge in [-0.15, -0.1) is 0 Å². The minimum Gasteiger partial charge on any atom is -0.388 e. The maximum absolute atomic E-state index is 13.5. The number of hydrogen-bond acceptors (Lipinski definition) is 4. The van der Waals surface area contributed by atoms with Gasteiger partial charge in [0.15, 0.2) is 0 Å². The predicted octanol–water partition coefficient (Wildman–Crippen LogP) is 4.62. The van der Waals surface area contributed by atoms with Crippen molar-refractivity contribution in [2.24, 2.45) is 5.92 Å². The van der Waals surface area contributed by atoms with Crippen molar-refractivity contribution >= 4 is 5.91 Å². The third-order valence-corrected chi connectivity index (χ3v) is 6.38. The smallest absolute Gasteiger partial charge is 0.255 e. The Morgan fingerprint density at radius 2 is 1.71 bits per heavy atom. The second kappa shape index (κ2) is 7.27. The summed E-state index contributed by atoms with van der Waals surface area (Å²) in [6.45, 7) is 6.12. The highest BCUT2D eigenvalue weighted by Gasteiger charge is 2.48. The zero-order valence-corrected chi connectivity index (χ0v) is 18.2. The Balaban J connectivity index is 1.48. The molecule has 1 fully saturated rings. The van der Waals surface area contributed by atoms with E-state index in [9.17, 15) is 9.90 Å². The molecular formula is C26H27N3O2. The Hall–Kier alpha value is -3.05. The molecular weight excluding hydrogens is 386 g/mol. The number of aromatic nitrogens is 2. The van der Waals surface area contributed by atoms with E-state index >= 15 is 0 Å². The Bertz CT molecular complexity index is 1130. The molecule has 1 atom stereocenters. The molecule has 0 bridgehead atoms. The number of carbonyl (C=O) groups is 1. The van der Waals surface area contributed by atoms with Gasteiger partial charge in [-0.2, -0.15) is 10.2 Å². The Morgan fingerprint density at radius 1 is 1.00 bits per heavy atom. The van der Waals surface area contributed by atoms with Crippen LogP contribution in [-0.2, 0) is 6.54 Å². The minimum absolute atomic E-state index is 0.0260. The van der Waals surface area contributed by atoms with Gasteiger partial charge in [-0.25, -0.2) is 0 Å². The quantitative estimate of drug-likeness (QED) is 0.663. The van der Waals surface area contributed by atoms with Gasteiger partial charge < -0.3 is 10.0 Å². The highest BCUT2D eigenvalue weighted by molar-refractivity contribution is 6.04. The van der Waals surface area contributed by atoms with E-state index in [-0.39, 0.29) is 11.9 Å². The minimum atomic E-state index is -0.921. The van der Waals surface area contributed by atoms with Crippen LogP contribution in [0.3, 0.4) is 0 Å². The van der Waals surface area contributed by atoms with Crippen molar-refractivity contribution in [2.75, 3.05) is 0 Å². The Labute approximate surface area is 182 Å². The van der Waals surface area contributed by atoms with Crippen molar-refractivity contribution in [1.29, 1.82) is 0 Å². The van der Waals surface area contributed by atoms with Crippen LogP contribution in [0.1, 0.15) is 48.3 Å². The molecule has 0 saturated heterocycles. The Morgan fingerprint density at radius 3 is 2.32 bits per heavy atom. The van der Waals surface area contributed by atoms with Crippen molar-refractivity contribution in [2.45, 2.75) is 51.8 Å². The summed E-state index contributed by atoms with van der Waals surface area (Å²) in [5, 5.41) is 19.2. The first kappa shape index (κ1) is 19.9. The molecule has 1 amide bonds. The molecule has 1 aliphatic heterocycles. The van der Waals surface area contributed by atoms with E-state index in [1.165, 1.54) is 0 Å². The lowest BCUT2D eigenvalue weighted by atomic mass is 9.92. The maximum atomic E-state index is 13.5. The van der Waals surface area contributed by atoms with Gasteiger partial charge >= 0.3 is 0 Å². The summed E-state index contributed by atoms with van der Waals surface area (Å²) in [6, 6.07) is 17.9. The van der Waals surface area contributed by atoms with Crippen LogP contribution in [0.2, 0.25) is 0 Å². The second-order valence-corrected chi connectivity index (χ2v) is 9.35. The number of nitrogens with zero attached hydrogens (tertiary/aromatic N) is 3. The maximum Gasteiger partial charge on any atom is 0.255 e. The lowest BCUT2D eigenvalue weighted by Crippen LogP contribution is -2.51. The number of hydrogen-bond donors (Lipinski definition) is 1. The van der Waals surface area contributed by atoms with Crippen molar-refractivity contribution in [1.82, 2.24) is 15.1 Å². The lowest BCUT2D eigenvalue weighted by molar-refractivity contribution is -0.0224. The summed E-state index contributed by atoms with van der Waals surface area (Å²) in [6.07, 6.45) is 2.15. The molecule has 3 aromatic rings. The molecule has 2 aromatic carbocycles. The topological polar surface area (TPSA) is 66.3 Å². The van der Waals surface area contributed by atoms with E-state index in [0.717, 1.165) is 52.0 Å². The highest BCUT2D eigenvalue weighted by atomic mass is 16.3. The Kier molecular flexibility index (Phi) is 4.67. The van der Waals surface area contributed by atoms with Gasteiger partial charge in [-0.3, -0.25) is 4.79 Å². The number of rotatable bonds is 5. The van der Waals surface area contributed by atoms with E-state index in [1.54, 1.807) is 0 Å². The van der Waals surface area contributed by atoms with E-state index in [2.05, 4.69) is 10.2 Å². The van der Waals surface area contributed by atoms with Gasteiger partial charge in [0.25, 0.3) is 5.91 Å². The predicted molar refractivity (Wildman–Crippen MR) is 120 cm³/mol. The SMILES string of the molecule is Cc1ccc(-c2ccc(-c3cccc4c3C(=O)N(C(C3CC3)C(C)(C)O)C4)cc2)nn1. The third kappa shape index (κ3) is 3.63. The number of aryl methyl sites for hydroxylation is 1. The van der Waals surface area contributed by atoms with Crippen molar-refractivity contribution in [3.8, 4) is 22.4 Å². The normalized spacial score (nSPS) is 17.0. The standard InChI is InChI=1S/C26H27N3O2/c1-16-7-14-22(28-27-16)18-10-8-17(9-11-18)21-6-4-5-20-15-29(25(30)23(20)21)24(19-12-13-19)26(2,3)31/h4-11,14,19,24,31H,12-13,15H2,1-3H3. The number of carbonyl (C=O) groups excluding carboxylic acids is 1. The van der Waals surface area contributed by atoms with Gasteiger partial charge in [0.05, 0.1) is 28.6 Å². The molecule has 0 radical (unpaired) electrons. The van der Waals surface area contributed by atoms with Crippen LogP contribution in [0.15, 0.2) is 54.6 Å². The fourth-order valence-electron chi connectivity index (χ4n) is 4.85. The summed E-state index contributed by atoms with van der Waals surface area (Å²) < 4.78 is 0. The van der Waals surface area contributed by atoms with Crippen molar-refractivity contribution < 1.29 is 9.90 Å². The van der Waals surface area contributed by atoms with Crippen molar-refractivity contribution in [3.05, 3.63) is 71.4 Å². The lowest BCUT2D eigenvalue weighted by Gasteiger charge is -2.37. The molecule has 0 spiro atoms. The number of amides is 1. The number of fused-ring (bicyclic) bond motifs is 1. The molecule has 1 aromatic heterocycles. The molecule has 158 valence electrons. The molecule has 1 N–H and O–H groups in total. The number of aliphatic hydroxyl groups is 1. The fraction of sp³-hybridized carbons (Fsp3) is 0.346. The summed E-state index contributed by atoms with van der Waals surface area (Å²) in [4.78, 5) is 15.4. The molecule has 2 heterocycles. The molecule has 5 rings (SSSR count). The molecule has 2 aliphatic rings. The van der Waals surface area contributed by atoms with Gasteiger partial charge in [0.1, 0.15) is 0 Å².